The lowest BCUT2D eigenvalue weighted by atomic mass is 10.1. The second-order valence-corrected chi connectivity index (χ2v) is 6.39. The van der Waals surface area contributed by atoms with Crippen LogP contribution in [0.25, 0.3) is 22.0 Å². The number of benzene rings is 2. The van der Waals surface area contributed by atoms with Gasteiger partial charge < -0.3 is 10.6 Å². The van der Waals surface area contributed by atoms with E-state index in [4.69, 9.17) is 4.98 Å². The molecule has 2 heterocycles. The van der Waals surface area contributed by atoms with Crippen molar-refractivity contribution in [2.75, 3.05) is 17.2 Å². The minimum atomic E-state index is 0.711. The first-order chi connectivity index (χ1) is 14.3. The van der Waals surface area contributed by atoms with Gasteiger partial charge >= 0.3 is 0 Å². The minimum absolute atomic E-state index is 0.711. The van der Waals surface area contributed by atoms with Crippen LogP contribution < -0.4 is 10.6 Å². The van der Waals surface area contributed by atoms with E-state index in [1.54, 1.807) is 0 Å². The monoisotopic (exact) mass is 384 g/mol. The summed E-state index contributed by atoms with van der Waals surface area (Å²) in [5.74, 6) is 0.899. The molecule has 2 N–H and O–H groups in total. The number of fused-ring (bicyclic) bond motifs is 1. The van der Waals surface area contributed by atoms with Crippen molar-refractivity contribution in [3.8, 4) is 11.3 Å². The molecule has 0 fully saturated rings. The van der Waals surface area contributed by atoms with Crippen molar-refractivity contribution in [2.45, 2.75) is 27.3 Å². The number of pyridine rings is 2. The van der Waals surface area contributed by atoms with Gasteiger partial charge in [0.2, 0.25) is 0 Å². The third-order valence-corrected chi connectivity index (χ3v) is 4.51. The van der Waals surface area contributed by atoms with Gasteiger partial charge in [-0.25, -0.2) is 4.98 Å². The van der Waals surface area contributed by atoms with Crippen LogP contribution in [0.15, 0.2) is 79.1 Å². The summed E-state index contributed by atoms with van der Waals surface area (Å²) in [4.78, 5) is 8.99. The maximum Gasteiger partial charge on any atom is 0.134 e. The molecule has 2 aromatic heterocycles. The fourth-order valence-electron chi connectivity index (χ4n) is 3.13. The molecule has 0 aliphatic carbocycles. The second kappa shape index (κ2) is 10.2. The van der Waals surface area contributed by atoms with E-state index < -0.39 is 0 Å². The molecule has 0 saturated carbocycles. The molecule has 0 aliphatic rings. The Bertz CT molecular complexity index is 1030. The molecule has 4 rings (SSSR count). The number of nitrogens with one attached hydrogen (secondary N) is 2. The zero-order valence-electron chi connectivity index (χ0n) is 17.3. The van der Waals surface area contributed by atoms with Gasteiger partial charge in [0.1, 0.15) is 5.82 Å². The van der Waals surface area contributed by atoms with Gasteiger partial charge in [0, 0.05) is 42.1 Å². The maximum atomic E-state index is 4.91. The molecule has 29 heavy (non-hydrogen) atoms. The Kier molecular flexibility index (Phi) is 7.17. The van der Waals surface area contributed by atoms with Crippen molar-refractivity contribution < 1.29 is 0 Å². The van der Waals surface area contributed by atoms with Gasteiger partial charge in [0.15, 0.2) is 0 Å². The van der Waals surface area contributed by atoms with Crippen LogP contribution in [-0.4, -0.2) is 16.5 Å². The van der Waals surface area contributed by atoms with Crippen LogP contribution in [0.3, 0.4) is 0 Å². The van der Waals surface area contributed by atoms with Gasteiger partial charge in [-0.1, -0.05) is 50.2 Å². The standard InChI is InChI=1S/C23H22N4.C2H6/c1-2-25-20-9-7-18(8-10-20)22-15-19-5-3-4-6-21(19)23(27-22)26-16-17-11-13-24-14-12-17;1-2/h3-15,25H,2,16H2,1H3,(H,26,27);1-2H3. The highest BCUT2D eigenvalue weighted by molar-refractivity contribution is 5.94. The number of nitrogens with zero attached hydrogens (tertiary/aromatic N) is 2. The summed E-state index contributed by atoms with van der Waals surface area (Å²) in [6, 6.07) is 22.9. The van der Waals surface area contributed by atoms with Gasteiger partial charge in [0.05, 0.1) is 5.69 Å². The van der Waals surface area contributed by atoms with E-state index in [1.165, 1.54) is 10.9 Å². The number of hydrogen-bond donors (Lipinski definition) is 2. The predicted octanol–water partition coefficient (Wildman–Crippen LogP) is 6.37. The number of anilines is 2. The van der Waals surface area contributed by atoms with Crippen LogP contribution in [0.1, 0.15) is 26.3 Å². The Hall–Kier alpha value is -3.40. The summed E-state index contributed by atoms with van der Waals surface area (Å²) < 4.78 is 0. The molecule has 4 nitrogen and oxygen atoms in total. The topological polar surface area (TPSA) is 49.8 Å². The number of aromatic nitrogens is 2. The highest BCUT2D eigenvalue weighted by atomic mass is 15.0. The molecule has 0 bridgehead atoms. The lowest BCUT2D eigenvalue weighted by Gasteiger charge is -2.12. The molecule has 0 spiro atoms. The lowest BCUT2D eigenvalue weighted by Crippen LogP contribution is -2.03. The first kappa shape index (κ1) is 20.3. The third kappa shape index (κ3) is 5.11. The molecule has 0 aliphatic heterocycles. The summed E-state index contributed by atoms with van der Waals surface area (Å²) in [5.41, 5.74) is 4.37. The molecule has 2 aromatic carbocycles. The Morgan fingerprint density at radius 3 is 2.28 bits per heavy atom. The largest absolute Gasteiger partial charge is 0.385 e. The average molecular weight is 385 g/mol. The van der Waals surface area contributed by atoms with E-state index >= 15 is 0 Å². The fraction of sp³-hybridized carbons (Fsp3) is 0.200. The van der Waals surface area contributed by atoms with Crippen molar-refractivity contribution in [1.82, 2.24) is 9.97 Å². The molecule has 0 unspecified atom stereocenters. The van der Waals surface area contributed by atoms with E-state index in [0.717, 1.165) is 34.7 Å². The Morgan fingerprint density at radius 2 is 1.55 bits per heavy atom. The smallest absolute Gasteiger partial charge is 0.134 e. The first-order valence-electron chi connectivity index (χ1n) is 10.2. The van der Waals surface area contributed by atoms with Gasteiger partial charge in [-0.3, -0.25) is 4.98 Å². The summed E-state index contributed by atoms with van der Waals surface area (Å²) in [6.45, 7) is 7.72. The lowest BCUT2D eigenvalue weighted by molar-refractivity contribution is 1.11. The van der Waals surface area contributed by atoms with Gasteiger partial charge in [-0.15, -0.1) is 0 Å². The Labute approximate surface area is 173 Å². The molecule has 0 atom stereocenters. The van der Waals surface area contributed by atoms with Gasteiger partial charge in [-0.2, -0.15) is 0 Å². The Balaban J connectivity index is 0.00000117. The summed E-state index contributed by atoms with van der Waals surface area (Å²) in [5, 5.41) is 9.12. The highest BCUT2D eigenvalue weighted by Gasteiger charge is 2.08. The second-order valence-electron chi connectivity index (χ2n) is 6.39. The van der Waals surface area contributed by atoms with E-state index in [2.05, 4.69) is 71.1 Å². The molecular formula is C25H28N4. The van der Waals surface area contributed by atoms with Crippen molar-refractivity contribution in [2.24, 2.45) is 0 Å². The fourth-order valence-corrected chi connectivity index (χ4v) is 3.13. The summed E-state index contributed by atoms with van der Waals surface area (Å²) in [7, 11) is 0. The zero-order valence-corrected chi connectivity index (χ0v) is 17.3. The van der Waals surface area contributed by atoms with Crippen LogP contribution in [-0.2, 0) is 6.54 Å². The van der Waals surface area contributed by atoms with Crippen LogP contribution >= 0.6 is 0 Å². The molecule has 0 amide bonds. The van der Waals surface area contributed by atoms with Gasteiger partial charge in [0.25, 0.3) is 0 Å². The number of rotatable bonds is 6. The normalized spacial score (nSPS) is 10.2. The maximum absolute atomic E-state index is 4.91. The zero-order chi connectivity index (χ0) is 20.5. The van der Waals surface area contributed by atoms with E-state index in [0.29, 0.717) is 6.54 Å². The van der Waals surface area contributed by atoms with Crippen molar-refractivity contribution in [1.29, 1.82) is 0 Å². The quantitative estimate of drug-likeness (QED) is 0.406. The SMILES string of the molecule is CC.CCNc1ccc(-c2cc3ccccc3c(NCc3ccncc3)n2)cc1. The molecule has 148 valence electrons. The average Bonchev–Trinajstić information content (AvgIpc) is 2.80. The van der Waals surface area contributed by atoms with E-state index in [1.807, 2.05) is 44.4 Å². The Morgan fingerprint density at radius 1 is 0.828 bits per heavy atom. The van der Waals surface area contributed by atoms with Crippen LogP contribution in [0.5, 0.6) is 0 Å². The minimum Gasteiger partial charge on any atom is -0.385 e. The summed E-state index contributed by atoms with van der Waals surface area (Å²) in [6.07, 6.45) is 3.62. The first-order valence-corrected chi connectivity index (χ1v) is 10.2. The molecule has 4 aromatic rings. The molecular weight excluding hydrogens is 356 g/mol. The van der Waals surface area contributed by atoms with Crippen molar-refractivity contribution in [3.05, 3.63) is 84.7 Å². The number of hydrogen-bond acceptors (Lipinski definition) is 4. The van der Waals surface area contributed by atoms with E-state index in [9.17, 15) is 0 Å². The van der Waals surface area contributed by atoms with E-state index in [-0.39, 0.29) is 0 Å². The highest BCUT2D eigenvalue weighted by Crippen LogP contribution is 2.28. The third-order valence-electron chi connectivity index (χ3n) is 4.51. The molecule has 0 saturated heterocycles. The predicted molar refractivity (Wildman–Crippen MR) is 124 cm³/mol. The molecule has 0 radical (unpaired) electrons. The van der Waals surface area contributed by atoms with Crippen LogP contribution in [0, 0.1) is 0 Å². The van der Waals surface area contributed by atoms with Crippen LogP contribution in [0.2, 0.25) is 0 Å². The van der Waals surface area contributed by atoms with Crippen LogP contribution in [0.4, 0.5) is 11.5 Å². The van der Waals surface area contributed by atoms with Gasteiger partial charge in [-0.05, 0) is 48.2 Å². The van der Waals surface area contributed by atoms with Crippen molar-refractivity contribution >= 4 is 22.3 Å². The van der Waals surface area contributed by atoms with Crippen molar-refractivity contribution in [3.63, 3.8) is 0 Å². The molecule has 4 heteroatoms. The summed E-state index contributed by atoms with van der Waals surface area (Å²) >= 11 is 0.